The lowest BCUT2D eigenvalue weighted by molar-refractivity contribution is 0.355. The first-order valence-corrected chi connectivity index (χ1v) is 10.5. The Morgan fingerprint density at radius 2 is 1.84 bits per heavy atom. The van der Waals surface area contributed by atoms with Crippen molar-refractivity contribution < 1.29 is 18.4 Å². The maximum atomic E-state index is 13.5. The molecule has 1 N–H and O–H groups in total. The molecule has 1 aromatic heterocycles. The second kappa shape index (κ2) is 8.96. The molecule has 1 unspecified atom stereocenters. The van der Waals surface area contributed by atoms with Gasteiger partial charge in [-0.3, -0.25) is 0 Å². The van der Waals surface area contributed by atoms with Crippen LogP contribution in [0.3, 0.4) is 0 Å². The average molecular weight is 455 g/mol. The first-order valence-electron chi connectivity index (χ1n) is 10.1. The van der Waals surface area contributed by atoms with Gasteiger partial charge < -0.3 is 24.2 Å². The van der Waals surface area contributed by atoms with Crippen LogP contribution in [0.4, 0.5) is 4.39 Å². The number of hydrogen-bond acceptors (Lipinski definition) is 6. The minimum absolute atomic E-state index is 0.307. The maximum Gasteiger partial charge on any atom is 0.258 e. The summed E-state index contributed by atoms with van der Waals surface area (Å²) in [6.07, 6.45) is 0. The van der Waals surface area contributed by atoms with Gasteiger partial charge in [-0.05, 0) is 62.0 Å². The van der Waals surface area contributed by atoms with E-state index in [0.29, 0.717) is 34.9 Å². The molecule has 0 spiro atoms. The number of aromatic nitrogens is 2. The summed E-state index contributed by atoms with van der Waals surface area (Å²) in [5.74, 6) is 1.64. The number of thiocarbonyl (C=S) groups is 1. The minimum atomic E-state index is -0.357. The monoisotopic (exact) mass is 454 g/mol. The van der Waals surface area contributed by atoms with Crippen LogP contribution in [0.15, 0.2) is 52.7 Å². The largest absolute Gasteiger partial charge is 0.493 e. The van der Waals surface area contributed by atoms with Gasteiger partial charge in [0, 0.05) is 17.8 Å². The maximum absolute atomic E-state index is 13.5. The molecule has 166 valence electrons. The third-order valence-electron chi connectivity index (χ3n) is 5.41. The fourth-order valence-corrected chi connectivity index (χ4v) is 4.15. The molecule has 2 heterocycles. The predicted molar refractivity (Wildman–Crippen MR) is 123 cm³/mol. The first-order chi connectivity index (χ1) is 15.5. The van der Waals surface area contributed by atoms with Crippen molar-refractivity contribution in [3.8, 4) is 22.9 Å². The molecule has 0 amide bonds. The number of nitrogens with zero attached hydrogens (tertiary/aromatic N) is 3. The summed E-state index contributed by atoms with van der Waals surface area (Å²) in [6.45, 7) is 4.65. The summed E-state index contributed by atoms with van der Waals surface area (Å²) < 4.78 is 29.9. The highest BCUT2D eigenvalue weighted by atomic mass is 32.1. The zero-order valence-corrected chi connectivity index (χ0v) is 19.0. The van der Waals surface area contributed by atoms with Gasteiger partial charge in [0.25, 0.3) is 5.89 Å². The molecule has 2 aromatic carbocycles. The van der Waals surface area contributed by atoms with Crippen molar-refractivity contribution in [2.24, 2.45) is 0 Å². The van der Waals surface area contributed by atoms with E-state index in [1.807, 2.05) is 24.8 Å². The van der Waals surface area contributed by atoms with Crippen molar-refractivity contribution >= 4 is 22.9 Å². The molecule has 3 aromatic rings. The molecular formula is C23H23FN4O3S. The van der Waals surface area contributed by atoms with Crippen LogP contribution in [-0.4, -0.2) is 40.9 Å². The summed E-state index contributed by atoms with van der Waals surface area (Å²) in [6, 6.07) is 11.3. The van der Waals surface area contributed by atoms with Crippen LogP contribution in [0, 0.1) is 5.82 Å². The Kier molecular flexibility index (Phi) is 6.09. The van der Waals surface area contributed by atoms with E-state index in [4.69, 9.17) is 26.2 Å². The lowest BCUT2D eigenvalue weighted by Gasteiger charge is -2.36. The van der Waals surface area contributed by atoms with Gasteiger partial charge in [0.15, 0.2) is 16.6 Å². The third kappa shape index (κ3) is 3.91. The molecule has 0 saturated carbocycles. The summed E-state index contributed by atoms with van der Waals surface area (Å²) in [5.41, 5.74) is 3.24. The average Bonchev–Trinajstić information content (AvgIpc) is 3.28. The van der Waals surface area contributed by atoms with Crippen LogP contribution in [0.2, 0.25) is 0 Å². The minimum Gasteiger partial charge on any atom is -0.493 e. The van der Waals surface area contributed by atoms with Gasteiger partial charge in [0.2, 0.25) is 5.82 Å². The molecule has 1 aliphatic rings. The van der Waals surface area contributed by atoms with E-state index >= 15 is 0 Å². The molecule has 1 atom stereocenters. The van der Waals surface area contributed by atoms with Gasteiger partial charge in [-0.1, -0.05) is 17.3 Å². The Labute approximate surface area is 190 Å². The van der Waals surface area contributed by atoms with Gasteiger partial charge in [-0.25, -0.2) is 4.39 Å². The topological polar surface area (TPSA) is 72.7 Å². The highest BCUT2D eigenvalue weighted by Crippen LogP contribution is 2.38. The van der Waals surface area contributed by atoms with E-state index in [1.165, 1.54) is 12.1 Å². The van der Waals surface area contributed by atoms with Crippen molar-refractivity contribution in [3.63, 3.8) is 0 Å². The zero-order valence-electron chi connectivity index (χ0n) is 18.2. The Bertz CT molecular complexity index is 1180. The van der Waals surface area contributed by atoms with E-state index in [2.05, 4.69) is 15.5 Å². The Morgan fingerprint density at radius 3 is 2.50 bits per heavy atom. The van der Waals surface area contributed by atoms with Crippen molar-refractivity contribution in [1.82, 2.24) is 20.4 Å². The number of hydrogen-bond donors (Lipinski definition) is 1. The van der Waals surface area contributed by atoms with Gasteiger partial charge in [-0.2, -0.15) is 4.98 Å². The molecular weight excluding hydrogens is 431 g/mol. The number of ether oxygens (including phenoxy) is 2. The SMILES string of the molecule is CCN1C(=S)NC(c2ccc(F)cc2)C(c2nc(-c3ccc(OC)c(OC)c3)no2)=C1C. The Balaban J connectivity index is 1.79. The van der Waals surface area contributed by atoms with E-state index in [0.717, 1.165) is 22.4 Å². The number of methoxy groups -OCH3 is 2. The first kappa shape index (κ1) is 21.8. The van der Waals surface area contributed by atoms with Crippen LogP contribution in [0.25, 0.3) is 17.0 Å². The van der Waals surface area contributed by atoms with Crippen LogP contribution < -0.4 is 14.8 Å². The smallest absolute Gasteiger partial charge is 0.258 e. The summed E-state index contributed by atoms with van der Waals surface area (Å²) >= 11 is 5.56. The third-order valence-corrected chi connectivity index (χ3v) is 5.75. The molecule has 9 heteroatoms. The van der Waals surface area contributed by atoms with Crippen molar-refractivity contribution in [2.45, 2.75) is 19.9 Å². The van der Waals surface area contributed by atoms with E-state index < -0.39 is 0 Å². The summed E-state index contributed by atoms with van der Waals surface area (Å²) in [5, 5.41) is 8.10. The molecule has 0 aliphatic carbocycles. The standard InChI is InChI=1S/C23H23FN4O3S/c1-5-28-13(2)19(20(25-23(28)32)14-6-9-16(24)10-7-14)22-26-21(27-31-22)15-8-11-17(29-3)18(12-15)30-4/h6-12,20H,5H2,1-4H3,(H,25,32). The van der Waals surface area contributed by atoms with Gasteiger partial charge in [0.1, 0.15) is 5.82 Å². The molecule has 0 bridgehead atoms. The Hall–Kier alpha value is -3.46. The fraction of sp³-hybridized carbons (Fsp3) is 0.261. The number of benzene rings is 2. The van der Waals surface area contributed by atoms with Crippen LogP contribution in [0.1, 0.15) is 31.3 Å². The Morgan fingerprint density at radius 1 is 1.12 bits per heavy atom. The van der Waals surface area contributed by atoms with E-state index in [1.54, 1.807) is 38.5 Å². The highest BCUT2D eigenvalue weighted by Gasteiger charge is 2.33. The lowest BCUT2D eigenvalue weighted by atomic mass is 9.95. The van der Waals surface area contributed by atoms with Gasteiger partial charge >= 0.3 is 0 Å². The fourth-order valence-electron chi connectivity index (χ4n) is 3.77. The number of halogens is 1. The van der Waals surface area contributed by atoms with E-state index in [9.17, 15) is 4.39 Å². The molecule has 0 saturated heterocycles. The predicted octanol–water partition coefficient (Wildman–Crippen LogP) is 4.58. The number of rotatable bonds is 6. The quantitative estimate of drug-likeness (QED) is 0.543. The lowest BCUT2D eigenvalue weighted by Crippen LogP contribution is -2.45. The molecule has 7 nitrogen and oxygen atoms in total. The molecule has 1 aliphatic heterocycles. The summed E-state index contributed by atoms with van der Waals surface area (Å²) in [7, 11) is 3.15. The van der Waals surface area contributed by atoms with Crippen molar-refractivity contribution in [2.75, 3.05) is 20.8 Å². The number of allylic oxidation sites excluding steroid dienone is 1. The molecule has 4 rings (SSSR count). The summed E-state index contributed by atoms with van der Waals surface area (Å²) in [4.78, 5) is 6.62. The van der Waals surface area contributed by atoms with Gasteiger partial charge in [0.05, 0.1) is 25.8 Å². The zero-order chi connectivity index (χ0) is 22.8. The van der Waals surface area contributed by atoms with Crippen LogP contribution in [0.5, 0.6) is 11.5 Å². The molecule has 0 fully saturated rings. The normalized spacial score (nSPS) is 16.2. The van der Waals surface area contributed by atoms with Crippen LogP contribution >= 0.6 is 12.2 Å². The second-order valence-corrected chi connectivity index (χ2v) is 7.56. The van der Waals surface area contributed by atoms with Crippen molar-refractivity contribution in [3.05, 3.63) is 65.4 Å². The number of nitrogens with one attached hydrogen (secondary N) is 1. The van der Waals surface area contributed by atoms with Gasteiger partial charge in [-0.15, -0.1) is 0 Å². The van der Waals surface area contributed by atoms with Crippen molar-refractivity contribution in [1.29, 1.82) is 0 Å². The molecule has 32 heavy (non-hydrogen) atoms. The molecule has 0 radical (unpaired) electrons. The second-order valence-electron chi connectivity index (χ2n) is 7.17. The van der Waals surface area contributed by atoms with Crippen LogP contribution in [-0.2, 0) is 0 Å². The highest BCUT2D eigenvalue weighted by molar-refractivity contribution is 7.80. The van der Waals surface area contributed by atoms with E-state index in [-0.39, 0.29) is 11.9 Å².